The molecule has 0 spiro atoms. The molecular formula is C9H5BrClFIN3. The van der Waals surface area contributed by atoms with Gasteiger partial charge in [-0.2, -0.15) is 5.26 Å². The van der Waals surface area contributed by atoms with Gasteiger partial charge in [0.25, 0.3) is 0 Å². The lowest BCUT2D eigenvalue weighted by atomic mass is 10.2. The average molecular weight is 416 g/mol. The highest BCUT2D eigenvalue weighted by Gasteiger charge is 2.15. The minimum absolute atomic E-state index is 0.0264. The molecule has 0 amide bonds. The first-order valence-electron chi connectivity index (χ1n) is 3.97. The second-order valence-corrected chi connectivity index (χ2v) is 5.01. The number of rotatable bonds is 2. The van der Waals surface area contributed by atoms with Gasteiger partial charge in [0, 0.05) is 3.57 Å². The molecule has 0 aliphatic rings. The SMILES string of the molecule is N#Cc1c(F)c(Br)cc(I)c1N=C(N)CCl. The van der Waals surface area contributed by atoms with Gasteiger partial charge in [-0.15, -0.1) is 11.6 Å². The first-order chi connectivity index (χ1) is 7.51. The fraction of sp³-hybridized carbons (Fsp3) is 0.111. The van der Waals surface area contributed by atoms with Crippen LogP contribution in [0.15, 0.2) is 15.5 Å². The van der Waals surface area contributed by atoms with Gasteiger partial charge in [0.05, 0.1) is 16.0 Å². The zero-order chi connectivity index (χ0) is 12.3. The summed E-state index contributed by atoms with van der Waals surface area (Å²) in [6.07, 6.45) is 0. The average Bonchev–Trinajstić information content (AvgIpc) is 2.26. The third kappa shape index (κ3) is 2.84. The van der Waals surface area contributed by atoms with Crippen LogP contribution in [0.3, 0.4) is 0 Å². The molecule has 3 nitrogen and oxygen atoms in total. The van der Waals surface area contributed by atoms with Gasteiger partial charge in [-0.3, -0.25) is 0 Å². The van der Waals surface area contributed by atoms with E-state index in [1.54, 1.807) is 6.07 Å². The lowest BCUT2D eigenvalue weighted by Crippen LogP contribution is -2.12. The van der Waals surface area contributed by atoms with Crippen molar-refractivity contribution in [3.8, 4) is 6.07 Å². The molecule has 0 bridgehead atoms. The quantitative estimate of drug-likeness (QED) is 0.264. The number of nitrogens with zero attached hydrogens (tertiary/aromatic N) is 2. The van der Waals surface area contributed by atoms with E-state index in [2.05, 4.69) is 20.9 Å². The number of amidine groups is 1. The molecule has 0 heterocycles. The first kappa shape index (κ1) is 13.7. The molecule has 0 aliphatic carbocycles. The molecule has 0 unspecified atom stereocenters. The van der Waals surface area contributed by atoms with Gasteiger partial charge >= 0.3 is 0 Å². The maximum Gasteiger partial charge on any atom is 0.157 e. The molecular weight excluding hydrogens is 411 g/mol. The Morgan fingerprint density at radius 1 is 1.75 bits per heavy atom. The number of halogens is 4. The molecule has 0 saturated heterocycles. The molecule has 1 rings (SSSR count). The smallest absolute Gasteiger partial charge is 0.157 e. The summed E-state index contributed by atoms with van der Waals surface area (Å²) in [5, 5.41) is 8.88. The van der Waals surface area contributed by atoms with Crippen molar-refractivity contribution < 1.29 is 4.39 Å². The Hall–Kier alpha value is -0.390. The summed E-state index contributed by atoms with van der Waals surface area (Å²) in [5.74, 6) is -0.486. The highest BCUT2D eigenvalue weighted by Crippen LogP contribution is 2.32. The normalized spacial score (nSPS) is 11.3. The molecule has 1 aromatic rings. The Morgan fingerprint density at radius 3 is 2.88 bits per heavy atom. The van der Waals surface area contributed by atoms with Crippen molar-refractivity contribution in [3.05, 3.63) is 25.5 Å². The van der Waals surface area contributed by atoms with Gasteiger partial charge in [0.1, 0.15) is 17.5 Å². The summed E-state index contributed by atoms with van der Waals surface area (Å²) < 4.78 is 14.4. The van der Waals surface area contributed by atoms with Gasteiger partial charge < -0.3 is 5.73 Å². The fourth-order valence-corrected chi connectivity index (χ4v) is 2.59. The van der Waals surface area contributed by atoms with E-state index in [4.69, 9.17) is 22.6 Å². The minimum atomic E-state index is -0.649. The lowest BCUT2D eigenvalue weighted by molar-refractivity contribution is 0.617. The Bertz CT molecular complexity index is 499. The monoisotopic (exact) mass is 415 g/mol. The molecule has 84 valence electrons. The summed E-state index contributed by atoms with van der Waals surface area (Å²) in [5.41, 5.74) is 5.52. The van der Waals surface area contributed by atoms with Crippen molar-refractivity contribution in [2.45, 2.75) is 0 Å². The summed E-state index contributed by atoms with van der Waals surface area (Å²) in [7, 11) is 0. The van der Waals surface area contributed by atoms with E-state index in [0.29, 0.717) is 3.57 Å². The molecule has 0 saturated carbocycles. The van der Waals surface area contributed by atoms with Gasteiger partial charge in [0.15, 0.2) is 5.82 Å². The van der Waals surface area contributed by atoms with Crippen molar-refractivity contribution in [1.82, 2.24) is 0 Å². The van der Waals surface area contributed by atoms with E-state index in [9.17, 15) is 4.39 Å². The Balaban J connectivity index is 3.51. The Labute approximate surface area is 119 Å². The summed E-state index contributed by atoms with van der Waals surface area (Å²) >= 11 is 10.4. The van der Waals surface area contributed by atoms with E-state index >= 15 is 0 Å². The highest BCUT2D eigenvalue weighted by atomic mass is 127. The Morgan fingerprint density at radius 2 is 2.38 bits per heavy atom. The standard InChI is InChI=1S/C9H5BrClFIN3/c10-5-1-6(13)9(16-7(15)2-11)4(3-14)8(5)12/h1H,2H2,(H2,15,16). The summed E-state index contributed by atoms with van der Waals surface area (Å²) in [4.78, 5) is 3.92. The molecule has 7 heteroatoms. The number of alkyl halides is 1. The van der Waals surface area contributed by atoms with E-state index in [-0.39, 0.29) is 27.4 Å². The lowest BCUT2D eigenvalue weighted by Gasteiger charge is -2.05. The molecule has 0 radical (unpaired) electrons. The van der Waals surface area contributed by atoms with Crippen LogP contribution < -0.4 is 5.73 Å². The van der Waals surface area contributed by atoms with E-state index in [1.165, 1.54) is 6.07 Å². The van der Waals surface area contributed by atoms with Gasteiger partial charge in [-0.25, -0.2) is 9.38 Å². The van der Waals surface area contributed by atoms with Crippen LogP contribution in [-0.4, -0.2) is 11.7 Å². The van der Waals surface area contributed by atoms with Crippen molar-refractivity contribution in [2.24, 2.45) is 10.7 Å². The predicted octanol–water partition coefficient (Wildman–Crippen LogP) is 3.29. The van der Waals surface area contributed by atoms with Crippen molar-refractivity contribution in [1.29, 1.82) is 5.26 Å². The van der Waals surface area contributed by atoms with Crippen LogP contribution in [-0.2, 0) is 0 Å². The van der Waals surface area contributed by atoms with Crippen LogP contribution >= 0.6 is 50.1 Å². The molecule has 0 aromatic heterocycles. The number of nitrogens with two attached hydrogens (primary N) is 1. The van der Waals surface area contributed by atoms with Crippen LogP contribution in [0.2, 0.25) is 0 Å². The van der Waals surface area contributed by atoms with Crippen molar-refractivity contribution >= 4 is 61.6 Å². The molecule has 0 fully saturated rings. The van der Waals surface area contributed by atoms with Gasteiger partial charge in [0.2, 0.25) is 0 Å². The van der Waals surface area contributed by atoms with E-state index in [1.807, 2.05) is 22.6 Å². The van der Waals surface area contributed by atoms with Crippen LogP contribution in [0.4, 0.5) is 10.1 Å². The molecule has 16 heavy (non-hydrogen) atoms. The second-order valence-electron chi connectivity index (χ2n) is 2.73. The number of hydrogen-bond acceptors (Lipinski definition) is 2. The summed E-state index contributed by atoms with van der Waals surface area (Å²) in [6, 6.07) is 3.28. The van der Waals surface area contributed by atoms with E-state index in [0.717, 1.165) is 0 Å². The number of benzene rings is 1. The van der Waals surface area contributed by atoms with Crippen LogP contribution in [0.25, 0.3) is 0 Å². The maximum atomic E-state index is 13.6. The van der Waals surface area contributed by atoms with Crippen LogP contribution in [0.5, 0.6) is 0 Å². The van der Waals surface area contributed by atoms with E-state index < -0.39 is 5.82 Å². The fourth-order valence-electron chi connectivity index (χ4n) is 0.971. The van der Waals surface area contributed by atoms with Crippen LogP contribution in [0, 0.1) is 20.7 Å². The van der Waals surface area contributed by atoms with Gasteiger partial charge in [-0.05, 0) is 44.6 Å². The third-order valence-corrected chi connectivity index (χ3v) is 3.32. The zero-order valence-electron chi connectivity index (χ0n) is 7.77. The van der Waals surface area contributed by atoms with Crippen LogP contribution in [0.1, 0.15) is 5.56 Å². The van der Waals surface area contributed by atoms with Crippen molar-refractivity contribution in [3.63, 3.8) is 0 Å². The van der Waals surface area contributed by atoms with Gasteiger partial charge in [-0.1, -0.05) is 0 Å². The number of aliphatic imine (C=N–C) groups is 1. The third-order valence-electron chi connectivity index (χ3n) is 1.65. The number of hydrogen-bond donors (Lipinski definition) is 1. The maximum absolute atomic E-state index is 13.6. The molecule has 2 N–H and O–H groups in total. The molecule has 0 atom stereocenters. The second kappa shape index (κ2) is 5.80. The Kier molecular flexibility index (Phi) is 4.95. The molecule has 0 aliphatic heterocycles. The van der Waals surface area contributed by atoms with Crippen molar-refractivity contribution in [2.75, 3.05) is 5.88 Å². The predicted molar refractivity (Wildman–Crippen MR) is 73.5 cm³/mol. The topological polar surface area (TPSA) is 62.2 Å². The highest BCUT2D eigenvalue weighted by molar-refractivity contribution is 14.1. The number of nitriles is 1. The summed E-state index contributed by atoms with van der Waals surface area (Å²) in [6.45, 7) is 0. The zero-order valence-corrected chi connectivity index (χ0v) is 12.3. The largest absolute Gasteiger partial charge is 0.386 e. The molecule has 1 aromatic carbocycles. The minimum Gasteiger partial charge on any atom is -0.386 e. The first-order valence-corrected chi connectivity index (χ1v) is 6.38.